The van der Waals surface area contributed by atoms with E-state index in [0.717, 1.165) is 10.5 Å². The van der Waals surface area contributed by atoms with Crippen LogP contribution in [0.3, 0.4) is 0 Å². The summed E-state index contributed by atoms with van der Waals surface area (Å²) in [6.07, 6.45) is 0.114. The van der Waals surface area contributed by atoms with E-state index in [-0.39, 0.29) is 30.0 Å². The van der Waals surface area contributed by atoms with Gasteiger partial charge < -0.3 is 25.3 Å². The minimum absolute atomic E-state index is 0.0878. The molecule has 0 spiro atoms. The quantitative estimate of drug-likeness (QED) is 0.412. The number of fused-ring (bicyclic) bond motifs is 2. The fraction of sp³-hybridized carbons (Fsp3) is 0.542. The van der Waals surface area contributed by atoms with Gasteiger partial charge >= 0.3 is 11.9 Å². The monoisotopic (exact) mass is 567 g/mol. The van der Waals surface area contributed by atoms with Gasteiger partial charge in [0.15, 0.2) is 9.84 Å². The summed E-state index contributed by atoms with van der Waals surface area (Å²) in [6, 6.07) is 6.53. The van der Waals surface area contributed by atoms with Crippen molar-refractivity contribution in [1.29, 1.82) is 0 Å². The van der Waals surface area contributed by atoms with Crippen LogP contribution >= 0.6 is 11.8 Å². The van der Waals surface area contributed by atoms with Crippen LogP contribution in [0.4, 0.5) is 0 Å². The second-order valence-corrected chi connectivity index (χ2v) is 15.1. The number of carbonyl (C=O) groups excluding carboxylic acids is 3. The molecular weight excluding hydrogens is 538 g/mol. The second-order valence-electron chi connectivity index (χ2n) is 10.7. The fourth-order valence-electron chi connectivity index (χ4n) is 5.38. The van der Waals surface area contributed by atoms with Crippen LogP contribution in [-0.4, -0.2) is 96.5 Å². The number of nitrogens with one attached hydrogen (secondary N) is 1. The number of sulfone groups is 1. The van der Waals surface area contributed by atoms with E-state index in [1.165, 1.54) is 30.5 Å². The molecule has 4 aliphatic rings. The van der Waals surface area contributed by atoms with Gasteiger partial charge in [-0.3, -0.25) is 14.4 Å². The molecule has 0 saturated carbocycles. The van der Waals surface area contributed by atoms with Crippen molar-refractivity contribution >= 4 is 51.3 Å². The molecule has 4 saturated heterocycles. The lowest BCUT2D eigenvalue weighted by Crippen LogP contribution is -2.70. The number of β-lactam (4-membered cyclic amide) rings is 2. The second kappa shape index (κ2) is 9.26. The molecule has 3 N–H and O–H groups in total. The summed E-state index contributed by atoms with van der Waals surface area (Å²) in [5.74, 6) is -3.22. The summed E-state index contributed by atoms with van der Waals surface area (Å²) in [5, 5.41) is 19.8. The first kappa shape index (κ1) is 27.9. The fourth-order valence-corrected chi connectivity index (χ4v) is 9.13. The van der Waals surface area contributed by atoms with Crippen LogP contribution in [0, 0.1) is 0 Å². The molecule has 0 unspecified atom stereocenters. The van der Waals surface area contributed by atoms with Crippen LogP contribution < -0.4 is 5.32 Å². The number of amides is 3. The molecule has 206 valence electrons. The van der Waals surface area contributed by atoms with Crippen molar-refractivity contribution in [1.82, 2.24) is 15.1 Å². The molecule has 4 fully saturated rings. The van der Waals surface area contributed by atoms with Crippen molar-refractivity contribution in [3.05, 3.63) is 35.9 Å². The zero-order valence-electron chi connectivity index (χ0n) is 21.2. The Morgan fingerprint density at radius 1 is 1.00 bits per heavy atom. The average molecular weight is 568 g/mol. The van der Waals surface area contributed by atoms with Gasteiger partial charge in [-0.25, -0.2) is 18.0 Å². The highest BCUT2D eigenvalue weighted by molar-refractivity contribution is 8.01. The topological polar surface area (TPSA) is 178 Å². The van der Waals surface area contributed by atoms with Gasteiger partial charge in [-0.05, 0) is 33.3 Å². The number of hydrogen-bond donors (Lipinski definition) is 3. The van der Waals surface area contributed by atoms with Gasteiger partial charge in [0.2, 0.25) is 17.7 Å². The van der Waals surface area contributed by atoms with E-state index in [1.807, 2.05) is 44.2 Å². The van der Waals surface area contributed by atoms with Gasteiger partial charge in [-0.15, -0.1) is 11.8 Å². The SMILES string of the molecule is CC1(C)S[C@@H]2[C@H](NC(=O)Cc3ccccc3)C(=O)N2[C@H]1C(=O)O.CC1(C)[C@H](C(=O)O)N2C(=O)C[C@H]2S1(=O)=O. The molecule has 1 aromatic rings. The van der Waals surface area contributed by atoms with Gasteiger partial charge in [0.05, 0.1) is 17.6 Å². The molecule has 0 radical (unpaired) electrons. The van der Waals surface area contributed by atoms with Crippen molar-refractivity contribution in [2.24, 2.45) is 0 Å². The third kappa shape index (κ3) is 4.23. The lowest BCUT2D eigenvalue weighted by molar-refractivity contribution is -0.161. The molecule has 14 heteroatoms. The summed E-state index contributed by atoms with van der Waals surface area (Å²) in [6.45, 7) is 6.33. The largest absolute Gasteiger partial charge is 0.480 e. The van der Waals surface area contributed by atoms with Gasteiger partial charge in [0.25, 0.3) is 0 Å². The normalized spacial score (nSPS) is 31.1. The molecule has 5 rings (SSSR count). The van der Waals surface area contributed by atoms with Crippen LogP contribution in [0.5, 0.6) is 0 Å². The minimum Gasteiger partial charge on any atom is -0.480 e. The number of aliphatic carboxylic acids is 2. The Kier molecular flexibility index (Phi) is 6.80. The van der Waals surface area contributed by atoms with Crippen LogP contribution in [0.25, 0.3) is 0 Å². The Morgan fingerprint density at radius 2 is 1.58 bits per heavy atom. The molecule has 1 aromatic carbocycles. The Bertz CT molecular complexity index is 1310. The predicted octanol–water partition coefficient (Wildman–Crippen LogP) is 0.0658. The van der Waals surface area contributed by atoms with Gasteiger partial charge in [0.1, 0.15) is 28.9 Å². The van der Waals surface area contributed by atoms with Crippen LogP contribution in [0.1, 0.15) is 39.7 Å². The summed E-state index contributed by atoms with van der Waals surface area (Å²) < 4.78 is 21.8. The molecule has 12 nitrogen and oxygen atoms in total. The lowest BCUT2D eigenvalue weighted by atomic mass is 9.96. The number of rotatable bonds is 5. The first-order valence-corrected chi connectivity index (χ1v) is 14.3. The first-order chi connectivity index (χ1) is 17.5. The summed E-state index contributed by atoms with van der Waals surface area (Å²) in [7, 11) is -3.57. The number of benzene rings is 1. The Labute approximate surface area is 223 Å². The number of hydrogen-bond acceptors (Lipinski definition) is 8. The maximum absolute atomic E-state index is 12.3. The van der Waals surface area contributed by atoms with E-state index < -0.39 is 60.7 Å². The number of nitrogens with zero attached hydrogens (tertiary/aromatic N) is 2. The molecule has 4 heterocycles. The van der Waals surface area contributed by atoms with Gasteiger partial charge in [-0.2, -0.15) is 0 Å². The molecule has 4 aliphatic heterocycles. The van der Waals surface area contributed by atoms with Crippen LogP contribution in [0.15, 0.2) is 30.3 Å². The molecule has 0 aromatic heterocycles. The maximum Gasteiger partial charge on any atom is 0.328 e. The molecule has 38 heavy (non-hydrogen) atoms. The van der Waals surface area contributed by atoms with Crippen LogP contribution in [0.2, 0.25) is 0 Å². The number of carboxylic acid groups (broad SMARTS) is 2. The van der Waals surface area contributed by atoms with Crippen LogP contribution in [-0.2, 0) is 40.2 Å². The van der Waals surface area contributed by atoms with Crippen molar-refractivity contribution in [3.8, 4) is 0 Å². The third-order valence-electron chi connectivity index (χ3n) is 7.41. The van der Waals surface area contributed by atoms with E-state index in [0.29, 0.717) is 0 Å². The van der Waals surface area contributed by atoms with Gasteiger partial charge in [-0.1, -0.05) is 30.3 Å². The number of carboxylic acids is 2. The number of thioether (sulfide) groups is 1. The first-order valence-electron chi connectivity index (χ1n) is 11.9. The van der Waals surface area contributed by atoms with E-state index >= 15 is 0 Å². The average Bonchev–Trinajstić information content (AvgIpc) is 3.14. The maximum atomic E-state index is 12.3. The zero-order chi connectivity index (χ0) is 28.4. The van der Waals surface area contributed by atoms with E-state index in [9.17, 15) is 37.5 Å². The highest BCUT2D eigenvalue weighted by Crippen LogP contribution is 2.50. The van der Waals surface area contributed by atoms with Crippen molar-refractivity contribution in [2.45, 2.75) is 78.9 Å². The molecule has 0 bridgehead atoms. The molecule has 5 atom stereocenters. The summed E-state index contributed by atoms with van der Waals surface area (Å²) in [5.41, 5.74) is 0.872. The Morgan fingerprint density at radius 3 is 2.08 bits per heavy atom. The van der Waals surface area contributed by atoms with E-state index in [2.05, 4.69) is 5.32 Å². The third-order valence-corrected chi connectivity index (χ3v) is 11.8. The smallest absolute Gasteiger partial charge is 0.328 e. The standard InChI is InChI=1S/C16H18N2O4S.C8H11NO5S/c1-16(2)12(15(21)22)18-13(20)11(14(18)23-16)17-10(19)8-9-6-4-3-5-7-9;1-8(2)6(7(11)12)9-4(10)3-5(9)15(8,13)14/h3-7,11-12,14H,8H2,1-2H3,(H,17,19)(H,21,22);5-6H,3H2,1-2H3,(H,11,12)/t11-,12+,14-;5-,6+/m11/s1. The molecular formula is C24H29N3O9S2. The summed E-state index contributed by atoms with van der Waals surface area (Å²) in [4.78, 5) is 60.3. The molecule has 3 amide bonds. The van der Waals surface area contributed by atoms with Crippen molar-refractivity contribution < 1.29 is 42.6 Å². The van der Waals surface area contributed by atoms with E-state index in [4.69, 9.17) is 5.11 Å². The zero-order valence-corrected chi connectivity index (χ0v) is 22.8. The highest BCUT2D eigenvalue weighted by atomic mass is 32.2. The number of carbonyl (C=O) groups is 5. The Balaban J connectivity index is 0.000000194. The van der Waals surface area contributed by atoms with Crippen molar-refractivity contribution in [3.63, 3.8) is 0 Å². The van der Waals surface area contributed by atoms with E-state index in [1.54, 1.807) is 0 Å². The summed E-state index contributed by atoms with van der Waals surface area (Å²) >= 11 is 1.42. The van der Waals surface area contributed by atoms with Gasteiger partial charge in [0, 0.05) is 4.75 Å². The van der Waals surface area contributed by atoms with Crippen molar-refractivity contribution in [2.75, 3.05) is 0 Å². The Hall–Kier alpha value is -3.13. The predicted molar refractivity (Wildman–Crippen MR) is 135 cm³/mol. The lowest BCUT2D eigenvalue weighted by Gasteiger charge is -2.43. The molecule has 0 aliphatic carbocycles. The minimum atomic E-state index is -3.57. The highest BCUT2D eigenvalue weighted by Gasteiger charge is 2.68.